The Morgan fingerprint density at radius 3 is 2.73 bits per heavy atom. The van der Waals surface area contributed by atoms with E-state index in [2.05, 4.69) is 0 Å². The molecule has 0 aliphatic carbocycles. The average Bonchev–Trinajstić information content (AvgIpc) is 2.27. The van der Waals surface area contributed by atoms with Gasteiger partial charge in [0.25, 0.3) is 0 Å². The lowest BCUT2D eigenvalue weighted by atomic mass is 10.1. The van der Waals surface area contributed by atoms with Crippen LogP contribution in [0.2, 0.25) is 0 Å². The quantitative estimate of drug-likeness (QED) is 0.565. The summed E-state index contributed by atoms with van der Waals surface area (Å²) in [4.78, 5) is 10.0. The van der Waals surface area contributed by atoms with Crippen LogP contribution in [0.15, 0.2) is 18.2 Å². The number of ether oxygens (including phenoxy) is 1. The van der Waals surface area contributed by atoms with E-state index >= 15 is 0 Å². The van der Waals surface area contributed by atoms with E-state index in [0.717, 1.165) is 0 Å². The summed E-state index contributed by atoms with van der Waals surface area (Å²) in [6.07, 6.45) is -1.12. The molecule has 0 saturated heterocycles. The van der Waals surface area contributed by atoms with E-state index in [4.69, 9.17) is 9.84 Å². The van der Waals surface area contributed by atoms with Crippen LogP contribution in [0.25, 0.3) is 0 Å². The molecule has 15 heavy (non-hydrogen) atoms. The molecule has 0 bridgehead atoms. The molecule has 0 spiro atoms. The van der Waals surface area contributed by atoms with Gasteiger partial charge in [0.05, 0.1) is 18.6 Å². The summed E-state index contributed by atoms with van der Waals surface area (Å²) in [5, 5.41) is 28.6. The first kappa shape index (κ1) is 11.4. The Bertz CT molecular complexity index is 366. The van der Waals surface area contributed by atoms with Gasteiger partial charge in [0.1, 0.15) is 6.10 Å². The summed E-state index contributed by atoms with van der Waals surface area (Å²) in [5.74, 6) is 0.119. The van der Waals surface area contributed by atoms with E-state index < -0.39 is 17.6 Å². The smallest absolute Gasteiger partial charge is 0.311 e. The molecule has 0 aliphatic rings. The topological polar surface area (TPSA) is 92.8 Å². The van der Waals surface area contributed by atoms with Gasteiger partial charge in [0.2, 0.25) is 0 Å². The van der Waals surface area contributed by atoms with Crippen molar-refractivity contribution in [2.45, 2.75) is 6.10 Å². The first-order chi connectivity index (χ1) is 7.10. The lowest BCUT2D eigenvalue weighted by Crippen LogP contribution is -2.03. The summed E-state index contributed by atoms with van der Waals surface area (Å²) >= 11 is 0. The third kappa shape index (κ3) is 2.42. The van der Waals surface area contributed by atoms with Gasteiger partial charge < -0.3 is 14.9 Å². The molecular formula is C9H11NO5. The van der Waals surface area contributed by atoms with Crippen molar-refractivity contribution in [3.8, 4) is 5.75 Å². The molecule has 0 amide bonds. The van der Waals surface area contributed by atoms with Gasteiger partial charge in [-0.15, -0.1) is 0 Å². The second kappa shape index (κ2) is 4.72. The number of benzene rings is 1. The highest BCUT2D eigenvalue weighted by Gasteiger charge is 2.17. The first-order valence-electron chi connectivity index (χ1n) is 4.21. The molecular weight excluding hydrogens is 202 g/mol. The third-order valence-corrected chi connectivity index (χ3v) is 1.96. The van der Waals surface area contributed by atoms with E-state index in [-0.39, 0.29) is 17.0 Å². The lowest BCUT2D eigenvalue weighted by molar-refractivity contribution is -0.385. The number of aliphatic hydroxyl groups is 2. The second-order valence-corrected chi connectivity index (χ2v) is 2.89. The van der Waals surface area contributed by atoms with Gasteiger partial charge in [-0.2, -0.15) is 0 Å². The Morgan fingerprint density at radius 1 is 1.60 bits per heavy atom. The van der Waals surface area contributed by atoms with Gasteiger partial charge in [-0.05, 0) is 11.6 Å². The molecule has 1 aromatic rings. The van der Waals surface area contributed by atoms with E-state index in [1.807, 2.05) is 0 Å². The third-order valence-electron chi connectivity index (χ3n) is 1.96. The first-order valence-corrected chi connectivity index (χ1v) is 4.21. The molecule has 0 heterocycles. The standard InChI is InChI=1S/C9H11NO5/c1-15-9-3-2-6(8(12)5-11)4-7(9)10(13)14/h2-4,8,11-12H,5H2,1H3. The Labute approximate surface area is 85.9 Å². The predicted octanol–water partition coefficient (Wildman–Crippen LogP) is 0.629. The van der Waals surface area contributed by atoms with E-state index in [9.17, 15) is 15.2 Å². The van der Waals surface area contributed by atoms with Crippen molar-refractivity contribution in [3.05, 3.63) is 33.9 Å². The van der Waals surface area contributed by atoms with Gasteiger partial charge in [-0.3, -0.25) is 10.1 Å². The highest BCUT2D eigenvalue weighted by molar-refractivity contribution is 5.49. The van der Waals surface area contributed by atoms with Crippen molar-refractivity contribution in [1.29, 1.82) is 0 Å². The van der Waals surface area contributed by atoms with Gasteiger partial charge in [0.15, 0.2) is 5.75 Å². The van der Waals surface area contributed by atoms with Crippen LogP contribution in [0, 0.1) is 10.1 Å². The number of aliphatic hydroxyl groups excluding tert-OH is 2. The number of nitro benzene ring substituents is 1. The van der Waals surface area contributed by atoms with Crippen LogP contribution in [0.1, 0.15) is 11.7 Å². The molecule has 0 saturated carbocycles. The largest absolute Gasteiger partial charge is 0.490 e. The normalized spacial score (nSPS) is 12.2. The second-order valence-electron chi connectivity index (χ2n) is 2.89. The number of methoxy groups -OCH3 is 1. The molecule has 0 radical (unpaired) electrons. The molecule has 82 valence electrons. The van der Waals surface area contributed by atoms with E-state index in [1.54, 1.807) is 0 Å². The van der Waals surface area contributed by atoms with Crippen molar-refractivity contribution < 1.29 is 19.9 Å². The van der Waals surface area contributed by atoms with Crippen LogP contribution in [0.5, 0.6) is 5.75 Å². The monoisotopic (exact) mass is 213 g/mol. The lowest BCUT2D eigenvalue weighted by Gasteiger charge is -2.08. The van der Waals surface area contributed by atoms with Crippen LogP contribution in [-0.4, -0.2) is 28.9 Å². The maximum atomic E-state index is 10.6. The molecule has 6 nitrogen and oxygen atoms in total. The van der Waals surface area contributed by atoms with Crippen molar-refractivity contribution in [2.24, 2.45) is 0 Å². The summed E-state index contributed by atoms with van der Waals surface area (Å²) in [7, 11) is 1.32. The molecule has 6 heteroatoms. The summed E-state index contributed by atoms with van der Waals surface area (Å²) in [6.45, 7) is -0.483. The minimum absolute atomic E-state index is 0.119. The van der Waals surface area contributed by atoms with Crippen LogP contribution < -0.4 is 4.74 Å². The van der Waals surface area contributed by atoms with Gasteiger partial charge in [-0.25, -0.2) is 0 Å². The van der Waals surface area contributed by atoms with Gasteiger partial charge in [0, 0.05) is 6.07 Å². The number of nitro groups is 1. The van der Waals surface area contributed by atoms with Crippen molar-refractivity contribution >= 4 is 5.69 Å². The summed E-state index contributed by atoms with van der Waals surface area (Å²) in [5.41, 5.74) is 0.0486. The average molecular weight is 213 g/mol. The van der Waals surface area contributed by atoms with Gasteiger partial charge in [-0.1, -0.05) is 6.07 Å². The van der Waals surface area contributed by atoms with Crippen molar-refractivity contribution in [2.75, 3.05) is 13.7 Å². The number of rotatable bonds is 4. The zero-order valence-electron chi connectivity index (χ0n) is 8.08. The molecule has 2 N–H and O–H groups in total. The fourth-order valence-corrected chi connectivity index (χ4v) is 1.16. The summed E-state index contributed by atoms with van der Waals surface area (Å²) < 4.78 is 4.79. The van der Waals surface area contributed by atoms with Crippen LogP contribution in [-0.2, 0) is 0 Å². The molecule has 1 rings (SSSR count). The maximum Gasteiger partial charge on any atom is 0.311 e. The minimum atomic E-state index is -1.12. The molecule has 0 aromatic heterocycles. The summed E-state index contributed by atoms with van der Waals surface area (Å²) in [6, 6.07) is 4.03. The SMILES string of the molecule is COc1ccc(C(O)CO)cc1[N+](=O)[O-]. The fourth-order valence-electron chi connectivity index (χ4n) is 1.16. The predicted molar refractivity (Wildman–Crippen MR) is 51.7 cm³/mol. The Balaban J connectivity index is 3.16. The van der Waals surface area contributed by atoms with E-state index in [0.29, 0.717) is 0 Å². The number of hydrogen-bond acceptors (Lipinski definition) is 5. The van der Waals surface area contributed by atoms with Gasteiger partial charge >= 0.3 is 5.69 Å². The zero-order chi connectivity index (χ0) is 11.4. The molecule has 0 aliphatic heterocycles. The van der Waals surface area contributed by atoms with Crippen molar-refractivity contribution in [1.82, 2.24) is 0 Å². The highest BCUT2D eigenvalue weighted by Crippen LogP contribution is 2.29. The highest BCUT2D eigenvalue weighted by atomic mass is 16.6. The molecule has 1 unspecified atom stereocenters. The zero-order valence-corrected chi connectivity index (χ0v) is 8.08. The Kier molecular flexibility index (Phi) is 3.59. The number of hydrogen-bond donors (Lipinski definition) is 2. The fraction of sp³-hybridized carbons (Fsp3) is 0.333. The van der Waals surface area contributed by atoms with Crippen LogP contribution in [0.4, 0.5) is 5.69 Å². The van der Waals surface area contributed by atoms with Crippen molar-refractivity contribution in [3.63, 3.8) is 0 Å². The Morgan fingerprint density at radius 2 is 2.27 bits per heavy atom. The molecule has 0 fully saturated rings. The Hall–Kier alpha value is -1.66. The maximum absolute atomic E-state index is 10.6. The minimum Gasteiger partial charge on any atom is -0.490 e. The van der Waals surface area contributed by atoms with Crippen LogP contribution >= 0.6 is 0 Å². The van der Waals surface area contributed by atoms with E-state index in [1.165, 1.54) is 25.3 Å². The molecule has 1 aromatic carbocycles. The number of nitrogens with zero attached hydrogens (tertiary/aromatic N) is 1. The van der Waals surface area contributed by atoms with Crippen LogP contribution in [0.3, 0.4) is 0 Å². The molecule has 1 atom stereocenters.